The molecule has 4 aliphatic carbocycles. The van der Waals surface area contributed by atoms with Gasteiger partial charge < -0.3 is 49.2 Å². The first-order valence-corrected chi connectivity index (χ1v) is 16.9. The van der Waals surface area contributed by atoms with Gasteiger partial charge in [0.25, 0.3) is 0 Å². The third kappa shape index (κ3) is 3.20. The molecule has 0 amide bonds. The Kier molecular flexibility index (Phi) is 6.14. The summed E-state index contributed by atoms with van der Waals surface area (Å²) in [6.45, 7) is 1.54. The quantitative estimate of drug-likeness (QED) is 0.359. The lowest BCUT2D eigenvalue weighted by atomic mass is 9.48. The molecule has 2 spiro atoms. The van der Waals surface area contributed by atoms with Crippen molar-refractivity contribution >= 4 is 11.6 Å². The third-order valence-electron chi connectivity index (χ3n) is 13.6. The first kappa shape index (κ1) is 30.6. The maximum absolute atomic E-state index is 12.7. The molecule has 4 bridgehead atoms. The molecular weight excluding hydrogens is 620 g/mol. The monoisotopic (exact) mass is 662 g/mol. The molecule has 4 aliphatic heterocycles. The summed E-state index contributed by atoms with van der Waals surface area (Å²) in [4.78, 5) is 29.6. The Bertz CT molecular complexity index is 1800. The van der Waals surface area contributed by atoms with Gasteiger partial charge in [-0.2, -0.15) is 0 Å². The van der Waals surface area contributed by atoms with Gasteiger partial charge in [-0.3, -0.25) is 9.59 Å². The van der Waals surface area contributed by atoms with E-state index in [1.165, 1.54) is 7.11 Å². The van der Waals surface area contributed by atoms with Crippen molar-refractivity contribution in [3.63, 3.8) is 0 Å². The van der Waals surface area contributed by atoms with Gasteiger partial charge in [-0.15, -0.1) is 0 Å². The van der Waals surface area contributed by atoms with Crippen LogP contribution in [0.5, 0.6) is 28.7 Å². The van der Waals surface area contributed by atoms with Crippen molar-refractivity contribution in [1.82, 2.24) is 9.80 Å². The highest BCUT2D eigenvalue weighted by atomic mass is 16.5. The Labute approximate surface area is 278 Å². The second-order valence-corrected chi connectivity index (χ2v) is 15.2. The number of ketones is 2. The minimum absolute atomic E-state index is 0.0357. The third-order valence-corrected chi connectivity index (χ3v) is 13.6. The van der Waals surface area contributed by atoms with Gasteiger partial charge in [0.1, 0.15) is 11.4 Å². The largest absolute Gasteiger partial charge is 0.508 e. The minimum atomic E-state index is -1.39. The standard InChI is InChI=1S/2C18H21NO5/c1-19-6-5-17-14-9-7-13(19)18(17,22)4-3-10(20)16(17)24-15(14)12(23-2)8-11(9)21;1-19-6-5-17-14-9-3-4-11(23-2)15(14)24-16(17)10(20)8-13(21)18(17,22)12(19)7-9/h8,13,16,21-22H,3-7H2,1-2H3;3-4,12-13,16,21-22H,5-8H2,1-2H3/t13-,16+,17+,18-;12-,13?,16+,17+,18+/m11/s1. The second kappa shape index (κ2) is 9.63. The number of methoxy groups -OCH3 is 2. The number of aliphatic hydroxyl groups is 3. The normalized spacial score (nSPS) is 40.9. The van der Waals surface area contributed by atoms with Crippen LogP contribution in [0.3, 0.4) is 0 Å². The van der Waals surface area contributed by atoms with E-state index in [0.717, 1.165) is 35.3 Å². The number of aliphatic hydroxyl groups excluding tert-OH is 1. The highest BCUT2D eigenvalue weighted by Gasteiger charge is 2.76. The number of likely N-dealkylation sites (N-methyl/N-ethyl adjacent to an activating group) is 2. The van der Waals surface area contributed by atoms with Gasteiger partial charge in [-0.05, 0) is 70.9 Å². The molecule has 10 rings (SSSR count). The average molecular weight is 663 g/mol. The van der Waals surface area contributed by atoms with Crippen molar-refractivity contribution in [3.8, 4) is 28.7 Å². The van der Waals surface area contributed by atoms with Gasteiger partial charge in [0.05, 0.1) is 36.8 Å². The summed E-state index contributed by atoms with van der Waals surface area (Å²) in [7, 11) is 7.07. The predicted octanol–water partition coefficient (Wildman–Crippen LogP) is 0.773. The summed E-state index contributed by atoms with van der Waals surface area (Å²) in [5.41, 5.74) is -0.486. The van der Waals surface area contributed by atoms with Gasteiger partial charge in [0.2, 0.25) is 0 Å². The van der Waals surface area contributed by atoms with Crippen LogP contribution in [0, 0.1) is 0 Å². The molecule has 0 radical (unpaired) electrons. The van der Waals surface area contributed by atoms with E-state index in [1.54, 1.807) is 13.2 Å². The molecule has 0 aromatic heterocycles. The smallest absolute Gasteiger partial charge is 0.177 e. The molecule has 1 unspecified atom stereocenters. The Morgan fingerprint density at radius 1 is 0.812 bits per heavy atom. The Hall–Kier alpha value is -3.42. The SMILES string of the molecule is COc1cc(O)c2c3c1O[C@H]1C(=O)CC[C@@]4(O)[C@@H](C2)N(C)CC[C@]314.COc1ccc2c3c1O[C@H]1C(=O)CC(O)[C@@]4(O)[C@@H](C2)N(C)CC[C@]314. The number of Topliss-reactive ketones (excluding diaryl/α,β-unsaturated/α-hetero) is 2. The van der Waals surface area contributed by atoms with Gasteiger partial charge in [0, 0.05) is 47.7 Å². The number of carbonyl (C=O) groups is 2. The van der Waals surface area contributed by atoms with Gasteiger partial charge in [0.15, 0.2) is 46.8 Å². The highest BCUT2D eigenvalue weighted by molar-refractivity contribution is 5.91. The predicted molar refractivity (Wildman–Crippen MR) is 169 cm³/mol. The summed E-state index contributed by atoms with van der Waals surface area (Å²) < 4.78 is 23.0. The van der Waals surface area contributed by atoms with E-state index in [-0.39, 0.29) is 35.8 Å². The van der Waals surface area contributed by atoms with Crippen molar-refractivity contribution in [1.29, 1.82) is 0 Å². The fourth-order valence-corrected chi connectivity index (χ4v) is 11.5. The minimum Gasteiger partial charge on any atom is -0.508 e. The number of hydrogen-bond acceptors (Lipinski definition) is 12. The van der Waals surface area contributed by atoms with Crippen LogP contribution < -0.4 is 18.9 Å². The first-order valence-electron chi connectivity index (χ1n) is 16.9. The molecule has 2 saturated carbocycles. The number of carbonyl (C=O) groups excluding carboxylic acids is 2. The van der Waals surface area contributed by atoms with E-state index in [4.69, 9.17) is 18.9 Å². The Balaban J connectivity index is 0.000000131. The molecule has 8 aliphatic rings. The number of rotatable bonds is 2. The lowest BCUT2D eigenvalue weighted by molar-refractivity contribution is -0.226. The van der Waals surface area contributed by atoms with E-state index in [9.17, 15) is 30.0 Å². The maximum atomic E-state index is 12.7. The van der Waals surface area contributed by atoms with Crippen LogP contribution in [0.25, 0.3) is 0 Å². The van der Waals surface area contributed by atoms with Crippen LogP contribution in [-0.4, -0.2) is 125 Å². The lowest BCUT2D eigenvalue weighted by Crippen LogP contribution is -2.80. The Morgan fingerprint density at radius 3 is 2.17 bits per heavy atom. The Morgan fingerprint density at radius 2 is 1.46 bits per heavy atom. The van der Waals surface area contributed by atoms with Crippen LogP contribution in [0.2, 0.25) is 0 Å². The van der Waals surface area contributed by atoms with E-state index < -0.39 is 40.3 Å². The van der Waals surface area contributed by atoms with Crippen LogP contribution in [0.15, 0.2) is 18.2 Å². The van der Waals surface area contributed by atoms with Crippen LogP contribution in [-0.2, 0) is 33.3 Å². The fraction of sp³-hybridized carbons (Fsp3) is 0.611. The highest BCUT2D eigenvalue weighted by Crippen LogP contribution is 2.67. The van der Waals surface area contributed by atoms with Crippen LogP contribution in [0.1, 0.15) is 54.4 Å². The second-order valence-electron chi connectivity index (χ2n) is 15.2. The molecule has 48 heavy (non-hydrogen) atoms. The zero-order valence-electron chi connectivity index (χ0n) is 27.6. The molecule has 256 valence electrons. The number of nitrogens with zero attached hydrogens (tertiary/aromatic N) is 2. The van der Waals surface area contributed by atoms with Crippen molar-refractivity contribution in [3.05, 3.63) is 40.5 Å². The van der Waals surface area contributed by atoms with E-state index in [0.29, 0.717) is 61.5 Å². The zero-order chi connectivity index (χ0) is 33.7. The summed E-state index contributed by atoms with van der Waals surface area (Å²) >= 11 is 0. The van der Waals surface area contributed by atoms with Gasteiger partial charge >= 0.3 is 0 Å². The molecule has 12 heteroatoms. The van der Waals surface area contributed by atoms with Crippen molar-refractivity contribution in [2.45, 2.75) is 97.4 Å². The number of piperidine rings is 2. The van der Waals surface area contributed by atoms with E-state index in [2.05, 4.69) is 9.80 Å². The number of benzene rings is 2. The van der Waals surface area contributed by atoms with Crippen LogP contribution in [0.4, 0.5) is 0 Å². The molecule has 2 aromatic rings. The van der Waals surface area contributed by atoms with E-state index >= 15 is 0 Å². The number of likely N-dealkylation sites (tertiary alicyclic amines) is 2. The topological polar surface area (TPSA) is 158 Å². The van der Waals surface area contributed by atoms with Crippen molar-refractivity contribution in [2.24, 2.45) is 0 Å². The lowest BCUT2D eigenvalue weighted by Gasteiger charge is -2.63. The number of hydrogen-bond donors (Lipinski definition) is 4. The van der Waals surface area contributed by atoms with E-state index in [1.807, 2.05) is 26.2 Å². The number of phenols is 1. The molecule has 12 nitrogen and oxygen atoms in total. The molecule has 4 fully saturated rings. The zero-order valence-corrected chi connectivity index (χ0v) is 27.6. The summed E-state index contributed by atoms with van der Waals surface area (Å²) in [5.74, 6) is 2.18. The molecular formula is C36H42N2O10. The number of phenolic OH excluding ortho intramolecular Hbond substituents is 1. The summed E-state index contributed by atoms with van der Waals surface area (Å²) in [5, 5.41) is 44.9. The van der Waals surface area contributed by atoms with Crippen LogP contribution >= 0.6 is 0 Å². The summed E-state index contributed by atoms with van der Waals surface area (Å²) in [6.07, 6.45) is 0.588. The average Bonchev–Trinajstić information content (AvgIpc) is 3.60. The molecule has 4 N–H and O–H groups in total. The van der Waals surface area contributed by atoms with Crippen molar-refractivity contribution < 1.29 is 49.0 Å². The maximum Gasteiger partial charge on any atom is 0.177 e. The number of ether oxygens (including phenoxy) is 4. The van der Waals surface area contributed by atoms with Gasteiger partial charge in [-0.1, -0.05) is 6.07 Å². The molecule has 2 aromatic carbocycles. The molecule has 9 atom stereocenters. The summed E-state index contributed by atoms with van der Waals surface area (Å²) in [6, 6.07) is 5.08. The first-order chi connectivity index (χ1) is 22.9. The molecule has 2 saturated heterocycles. The van der Waals surface area contributed by atoms with Crippen molar-refractivity contribution in [2.75, 3.05) is 41.4 Å². The fourth-order valence-electron chi connectivity index (χ4n) is 11.5. The number of aromatic hydroxyl groups is 1. The van der Waals surface area contributed by atoms with Gasteiger partial charge in [-0.25, -0.2) is 0 Å². The molecule has 4 heterocycles.